The molecule has 0 saturated carbocycles. The van der Waals surface area contributed by atoms with Crippen molar-refractivity contribution in [2.24, 2.45) is 4.99 Å². The van der Waals surface area contributed by atoms with Crippen LogP contribution >= 0.6 is 0 Å². The molecular formula is C25H23N3O2. The molecule has 3 N–H and O–H groups in total. The second kappa shape index (κ2) is 8.66. The lowest BCUT2D eigenvalue weighted by Crippen LogP contribution is -2.23. The average Bonchev–Trinajstić information content (AvgIpc) is 3.11. The monoisotopic (exact) mass is 397 g/mol. The number of hydrogen-bond donors (Lipinski definition) is 3. The van der Waals surface area contributed by atoms with E-state index in [2.05, 4.69) is 10.3 Å². The first-order valence-corrected chi connectivity index (χ1v) is 10.00. The highest BCUT2D eigenvalue weighted by molar-refractivity contribution is 6.22. The number of aromatic hydroxyl groups is 1. The number of carbonyl (C=O) groups is 1. The first-order valence-electron chi connectivity index (χ1n) is 10.00. The molecule has 0 aliphatic rings. The Morgan fingerprint density at radius 2 is 1.67 bits per heavy atom. The summed E-state index contributed by atoms with van der Waals surface area (Å²) >= 11 is 0. The smallest absolute Gasteiger partial charge is 0.251 e. The molecule has 4 aromatic rings. The largest absolute Gasteiger partial charge is 0.494 e. The van der Waals surface area contributed by atoms with Crippen molar-refractivity contribution < 1.29 is 9.90 Å². The highest BCUT2D eigenvalue weighted by atomic mass is 16.3. The number of nitrogens with one attached hydrogen (secondary N) is 2. The van der Waals surface area contributed by atoms with Crippen LogP contribution in [0, 0.1) is 0 Å². The molecule has 1 aromatic heterocycles. The molecule has 0 fully saturated rings. The standard InChI is InChI=1S/C25H23N3O2/c1-2-15-26-24(29)18-13-14-20-21(16-18)28-25(30)22(20)23(17-9-5-3-6-10-17)27-19-11-7-4-8-12-19/h3-14,16,28,30H,2,15H2,1H3,(H,26,29). The quantitative estimate of drug-likeness (QED) is 0.392. The van der Waals surface area contributed by atoms with Gasteiger partial charge in [-0.05, 0) is 30.7 Å². The van der Waals surface area contributed by atoms with Crippen molar-refractivity contribution >= 4 is 28.2 Å². The summed E-state index contributed by atoms with van der Waals surface area (Å²) in [6, 6.07) is 24.8. The molecule has 5 nitrogen and oxygen atoms in total. The molecule has 5 heteroatoms. The SMILES string of the molecule is CCCNC(=O)c1ccc2c(C(=Nc3ccccc3)c3ccccc3)c(O)[nH]c2c1. The first-order chi connectivity index (χ1) is 14.7. The second-order valence-corrected chi connectivity index (χ2v) is 7.03. The van der Waals surface area contributed by atoms with Crippen LogP contribution in [0.25, 0.3) is 10.9 Å². The molecule has 0 unspecified atom stereocenters. The predicted octanol–water partition coefficient (Wildman–Crippen LogP) is 5.18. The van der Waals surface area contributed by atoms with E-state index in [0.717, 1.165) is 23.1 Å². The minimum atomic E-state index is -0.129. The average molecular weight is 397 g/mol. The van der Waals surface area contributed by atoms with Gasteiger partial charge in [-0.2, -0.15) is 0 Å². The Hall–Kier alpha value is -3.86. The van der Waals surface area contributed by atoms with Crippen LogP contribution in [-0.4, -0.2) is 28.3 Å². The van der Waals surface area contributed by atoms with Crippen LogP contribution in [0.1, 0.15) is 34.8 Å². The molecule has 3 aromatic carbocycles. The van der Waals surface area contributed by atoms with Crippen molar-refractivity contribution in [2.45, 2.75) is 13.3 Å². The summed E-state index contributed by atoms with van der Waals surface area (Å²) in [5.74, 6) is -0.106. The van der Waals surface area contributed by atoms with Crippen LogP contribution in [0.15, 0.2) is 83.9 Å². The molecule has 1 heterocycles. The predicted molar refractivity (Wildman–Crippen MR) is 121 cm³/mol. The van der Waals surface area contributed by atoms with Gasteiger partial charge < -0.3 is 15.4 Å². The van der Waals surface area contributed by atoms with Crippen LogP contribution in [0.3, 0.4) is 0 Å². The van der Waals surface area contributed by atoms with E-state index in [9.17, 15) is 9.90 Å². The zero-order valence-corrected chi connectivity index (χ0v) is 16.7. The van der Waals surface area contributed by atoms with Crippen molar-refractivity contribution in [2.75, 3.05) is 6.54 Å². The third-order valence-corrected chi connectivity index (χ3v) is 4.86. The molecule has 0 bridgehead atoms. The molecule has 150 valence electrons. The van der Waals surface area contributed by atoms with Gasteiger partial charge in [0.15, 0.2) is 5.88 Å². The molecule has 0 aliphatic carbocycles. The molecule has 0 atom stereocenters. The molecule has 1 amide bonds. The van der Waals surface area contributed by atoms with Crippen molar-refractivity contribution in [3.05, 3.63) is 95.6 Å². The minimum absolute atomic E-state index is 0.0228. The molecule has 0 saturated heterocycles. The van der Waals surface area contributed by atoms with Crippen molar-refractivity contribution in [1.29, 1.82) is 0 Å². The molecule has 4 rings (SSSR count). The maximum atomic E-state index is 12.3. The molecular weight excluding hydrogens is 374 g/mol. The normalized spacial score (nSPS) is 11.6. The maximum absolute atomic E-state index is 12.3. The topological polar surface area (TPSA) is 77.5 Å². The van der Waals surface area contributed by atoms with Gasteiger partial charge in [-0.25, -0.2) is 4.99 Å². The summed E-state index contributed by atoms with van der Waals surface area (Å²) in [7, 11) is 0. The number of carbonyl (C=O) groups excluding carboxylic acids is 1. The maximum Gasteiger partial charge on any atom is 0.251 e. The number of H-pyrrole nitrogens is 1. The lowest BCUT2D eigenvalue weighted by atomic mass is 10.00. The van der Waals surface area contributed by atoms with E-state index in [-0.39, 0.29) is 11.8 Å². The van der Waals surface area contributed by atoms with Gasteiger partial charge in [0.05, 0.1) is 17.0 Å². The summed E-state index contributed by atoms with van der Waals surface area (Å²) in [6.45, 7) is 2.63. The minimum Gasteiger partial charge on any atom is -0.494 e. The van der Waals surface area contributed by atoms with E-state index in [0.29, 0.717) is 28.9 Å². The Bertz CT molecular complexity index is 1200. The summed E-state index contributed by atoms with van der Waals surface area (Å²) < 4.78 is 0. The van der Waals surface area contributed by atoms with E-state index in [1.807, 2.05) is 73.7 Å². The van der Waals surface area contributed by atoms with Crippen molar-refractivity contribution in [1.82, 2.24) is 10.3 Å². The van der Waals surface area contributed by atoms with E-state index in [4.69, 9.17) is 4.99 Å². The van der Waals surface area contributed by atoms with E-state index < -0.39 is 0 Å². The molecule has 0 spiro atoms. The van der Waals surface area contributed by atoms with Gasteiger partial charge in [0.2, 0.25) is 0 Å². The van der Waals surface area contributed by atoms with Gasteiger partial charge in [0.25, 0.3) is 5.91 Å². The lowest BCUT2D eigenvalue weighted by Gasteiger charge is -2.08. The number of para-hydroxylation sites is 1. The van der Waals surface area contributed by atoms with Crippen LogP contribution in [0.5, 0.6) is 5.88 Å². The highest BCUT2D eigenvalue weighted by Gasteiger charge is 2.19. The van der Waals surface area contributed by atoms with Crippen LogP contribution in [-0.2, 0) is 0 Å². The number of amides is 1. The number of aliphatic imine (C=N–C) groups is 1. The van der Waals surface area contributed by atoms with Crippen LogP contribution in [0.4, 0.5) is 5.69 Å². The van der Waals surface area contributed by atoms with Gasteiger partial charge in [-0.1, -0.05) is 61.5 Å². The zero-order chi connectivity index (χ0) is 20.9. The summed E-state index contributed by atoms with van der Waals surface area (Å²) in [5.41, 5.74) is 4.19. The fourth-order valence-corrected chi connectivity index (χ4v) is 3.40. The Labute approximate surface area is 175 Å². The van der Waals surface area contributed by atoms with Crippen molar-refractivity contribution in [3.63, 3.8) is 0 Å². The van der Waals surface area contributed by atoms with Gasteiger partial charge in [-0.3, -0.25) is 4.79 Å². The number of fused-ring (bicyclic) bond motifs is 1. The highest BCUT2D eigenvalue weighted by Crippen LogP contribution is 2.32. The Morgan fingerprint density at radius 1 is 0.967 bits per heavy atom. The zero-order valence-electron chi connectivity index (χ0n) is 16.7. The third-order valence-electron chi connectivity index (χ3n) is 4.86. The van der Waals surface area contributed by atoms with Gasteiger partial charge in [0.1, 0.15) is 0 Å². The van der Waals surface area contributed by atoms with E-state index in [1.165, 1.54) is 0 Å². The summed E-state index contributed by atoms with van der Waals surface area (Å²) in [5, 5.41) is 14.5. The fourth-order valence-electron chi connectivity index (χ4n) is 3.40. The van der Waals surface area contributed by atoms with Gasteiger partial charge in [0, 0.05) is 28.6 Å². The fraction of sp³-hybridized carbons (Fsp3) is 0.120. The number of benzene rings is 3. The molecule has 30 heavy (non-hydrogen) atoms. The number of hydrogen-bond acceptors (Lipinski definition) is 3. The van der Waals surface area contributed by atoms with Gasteiger partial charge in [-0.15, -0.1) is 0 Å². The van der Waals surface area contributed by atoms with Crippen LogP contribution < -0.4 is 5.32 Å². The van der Waals surface area contributed by atoms with Gasteiger partial charge >= 0.3 is 0 Å². The van der Waals surface area contributed by atoms with E-state index >= 15 is 0 Å². The molecule has 0 aliphatic heterocycles. The third kappa shape index (κ3) is 3.96. The number of nitrogens with zero attached hydrogens (tertiary/aromatic N) is 1. The van der Waals surface area contributed by atoms with Crippen molar-refractivity contribution in [3.8, 4) is 5.88 Å². The van der Waals surface area contributed by atoms with E-state index in [1.54, 1.807) is 12.1 Å². The number of aromatic nitrogens is 1. The summed E-state index contributed by atoms with van der Waals surface area (Å²) in [4.78, 5) is 20.2. The molecule has 0 radical (unpaired) electrons. The first kappa shape index (κ1) is 19.5. The lowest BCUT2D eigenvalue weighted by molar-refractivity contribution is 0.0954. The Kier molecular flexibility index (Phi) is 5.61. The second-order valence-electron chi connectivity index (χ2n) is 7.03. The number of rotatable bonds is 6. The summed E-state index contributed by atoms with van der Waals surface area (Å²) in [6.07, 6.45) is 0.873. The Morgan fingerprint density at radius 3 is 2.37 bits per heavy atom. The number of aromatic amines is 1. The van der Waals surface area contributed by atoms with Crippen LogP contribution in [0.2, 0.25) is 0 Å². The Balaban J connectivity index is 1.85.